The van der Waals surface area contributed by atoms with E-state index in [1.165, 1.54) is 44.9 Å². The molecule has 6 heterocycles. The number of H-pyrrole nitrogens is 2. The van der Waals surface area contributed by atoms with Crippen LogP contribution in [0.3, 0.4) is 0 Å². The smallest absolute Gasteiger partial charge is 0.407 e. The zero-order valence-corrected chi connectivity index (χ0v) is 41.2. The third kappa shape index (κ3) is 10.4. The Morgan fingerprint density at radius 2 is 1.17 bits per heavy atom. The van der Waals surface area contributed by atoms with Crippen LogP contribution in [0.4, 0.5) is 38.5 Å². The van der Waals surface area contributed by atoms with Crippen molar-refractivity contribution in [2.75, 3.05) is 56.7 Å². The van der Waals surface area contributed by atoms with Gasteiger partial charge in [-0.3, -0.25) is 9.59 Å². The second kappa shape index (κ2) is 21.8. The third-order valence-electron chi connectivity index (χ3n) is 14.0. The molecule has 0 bridgehead atoms. The van der Waals surface area contributed by atoms with Crippen LogP contribution in [-0.2, 0) is 19.1 Å². The minimum atomic E-state index is -0.848. The fourth-order valence-corrected chi connectivity index (χ4v) is 10.7. The van der Waals surface area contributed by atoms with Gasteiger partial charge in [0, 0.05) is 55.1 Å². The van der Waals surface area contributed by atoms with Gasteiger partial charge in [0.05, 0.1) is 60.5 Å². The van der Waals surface area contributed by atoms with Gasteiger partial charge in [-0.2, -0.15) is 0 Å². The van der Waals surface area contributed by atoms with Crippen molar-refractivity contribution >= 4 is 57.4 Å². The highest BCUT2D eigenvalue weighted by Gasteiger charge is 2.41. The van der Waals surface area contributed by atoms with Gasteiger partial charge in [0.25, 0.3) is 0 Å². The standard InChI is InChI=1S/C48H56F4N10O6.C3H8/c1-25(2)42(58-48(66)68-4)46(64)61-17-9-11-40(61)45-55-34-21-28(30(50)23-36(34)57-45)38-13-12-37(62(38)26-18-31(51)43(32(52)19-26)59-14-6-5-7-15-59)27-20-33-35(22-29(27)49)56-44(54-33)39-10-8-16-60(39)41(63)24-53-47(65)67-3;1-3-2/h18-23,25,37-40,42H,5-17,24H2,1-4H3,(H,53,65)(H,54,56)(H,55,57)(H,58,66);3H2,1-2H3/t37-,38-,39+,40+,42+;/m1./s1. The van der Waals surface area contributed by atoms with E-state index in [9.17, 15) is 19.2 Å². The van der Waals surface area contributed by atoms with E-state index in [2.05, 4.69) is 44.2 Å². The first-order valence-corrected chi connectivity index (χ1v) is 24.8. The van der Waals surface area contributed by atoms with Gasteiger partial charge < -0.3 is 49.7 Å². The van der Waals surface area contributed by atoms with Gasteiger partial charge in [0.1, 0.15) is 41.6 Å². The van der Waals surface area contributed by atoms with Gasteiger partial charge in [0.2, 0.25) is 11.8 Å². The summed E-state index contributed by atoms with van der Waals surface area (Å²) in [7, 11) is 2.43. The minimum absolute atomic E-state index is 0.115. The fraction of sp³-hybridized carbons (Fsp3) is 0.529. The molecule has 4 amide bonds. The second-order valence-corrected chi connectivity index (χ2v) is 19.2. The largest absolute Gasteiger partial charge is 0.453 e. The molecule has 2 aromatic heterocycles. The van der Waals surface area contributed by atoms with Gasteiger partial charge in [-0.25, -0.2) is 37.1 Å². The predicted molar refractivity (Wildman–Crippen MR) is 260 cm³/mol. The maximum absolute atomic E-state index is 16.7. The quantitative estimate of drug-likeness (QED) is 0.0931. The summed E-state index contributed by atoms with van der Waals surface area (Å²) in [5, 5.41) is 5.06. The third-order valence-corrected chi connectivity index (χ3v) is 14.0. The zero-order chi connectivity index (χ0) is 50.7. The fourth-order valence-electron chi connectivity index (χ4n) is 10.7. The number of rotatable bonds is 11. The average Bonchev–Trinajstić information content (AvgIpc) is 4.21. The monoisotopic (exact) mass is 988 g/mol. The average molecular weight is 989 g/mol. The van der Waals surface area contributed by atoms with Crippen LogP contribution < -0.4 is 20.4 Å². The van der Waals surface area contributed by atoms with E-state index in [4.69, 9.17) is 9.72 Å². The summed E-state index contributed by atoms with van der Waals surface area (Å²) in [5.74, 6) is -2.77. The summed E-state index contributed by atoms with van der Waals surface area (Å²) < 4.78 is 75.5. The Hall–Kier alpha value is -6.60. The van der Waals surface area contributed by atoms with Gasteiger partial charge in [0.15, 0.2) is 11.6 Å². The molecule has 4 fully saturated rings. The molecule has 0 spiro atoms. The molecule has 4 saturated heterocycles. The molecule has 0 unspecified atom stereocenters. The number of imidazole rings is 2. The number of hydrogen-bond acceptors (Lipinski definition) is 10. The molecule has 0 aliphatic carbocycles. The molecule has 0 radical (unpaired) electrons. The number of amides is 4. The lowest BCUT2D eigenvalue weighted by Gasteiger charge is -2.35. The number of likely N-dealkylation sites (tertiary alicyclic amines) is 2. The minimum Gasteiger partial charge on any atom is -0.453 e. The Morgan fingerprint density at radius 3 is 1.68 bits per heavy atom. The zero-order valence-electron chi connectivity index (χ0n) is 41.2. The number of carbonyl (C=O) groups is 4. The van der Waals surface area contributed by atoms with E-state index >= 15 is 17.6 Å². The van der Waals surface area contributed by atoms with Crippen molar-refractivity contribution in [3.63, 3.8) is 0 Å². The number of methoxy groups -OCH3 is 2. The lowest BCUT2D eigenvalue weighted by atomic mass is 10.0. The van der Waals surface area contributed by atoms with Crippen molar-refractivity contribution in [1.29, 1.82) is 0 Å². The number of alkyl carbamates (subject to hydrolysis) is 2. The maximum atomic E-state index is 16.7. The molecule has 20 heteroatoms. The van der Waals surface area contributed by atoms with Crippen LogP contribution in [0.1, 0.15) is 139 Å². The second-order valence-electron chi connectivity index (χ2n) is 19.2. The first-order valence-electron chi connectivity index (χ1n) is 24.8. The van der Waals surface area contributed by atoms with Crippen LogP contribution in [0.5, 0.6) is 0 Å². The van der Waals surface area contributed by atoms with Crippen LogP contribution in [0.2, 0.25) is 0 Å². The Bertz CT molecular complexity index is 2740. The summed E-state index contributed by atoms with van der Waals surface area (Å²) >= 11 is 0. The van der Waals surface area contributed by atoms with Gasteiger partial charge in [-0.1, -0.05) is 34.1 Å². The molecule has 71 heavy (non-hydrogen) atoms. The van der Waals surface area contributed by atoms with Gasteiger partial charge >= 0.3 is 12.2 Å². The van der Waals surface area contributed by atoms with Crippen molar-refractivity contribution in [2.24, 2.45) is 5.92 Å². The molecule has 0 saturated carbocycles. The number of hydrogen-bond donors (Lipinski definition) is 4. The summed E-state index contributed by atoms with van der Waals surface area (Å²) in [6, 6.07) is 4.91. The summed E-state index contributed by atoms with van der Waals surface area (Å²) in [4.78, 5) is 73.5. The highest BCUT2D eigenvalue weighted by Crippen LogP contribution is 2.50. The summed E-state index contributed by atoms with van der Waals surface area (Å²) in [6.45, 7) is 9.49. The van der Waals surface area contributed by atoms with E-state index in [-0.39, 0.29) is 59.6 Å². The molecule has 5 atom stereocenters. The van der Waals surface area contributed by atoms with Crippen LogP contribution in [0.15, 0.2) is 36.4 Å². The van der Waals surface area contributed by atoms with Crippen molar-refractivity contribution in [2.45, 2.75) is 122 Å². The summed E-state index contributed by atoms with van der Waals surface area (Å²) in [6.07, 6.45) is 5.43. The molecular formula is C51H64F4N10O6. The van der Waals surface area contributed by atoms with E-state index < -0.39 is 65.7 Å². The molecule has 4 aliphatic rings. The molecule has 3 aromatic carbocycles. The number of fused-ring (bicyclic) bond motifs is 2. The Labute approximate surface area is 410 Å². The first-order chi connectivity index (χ1) is 34.1. The Morgan fingerprint density at radius 1 is 0.662 bits per heavy atom. The van der Waals surface area contributed by atoms with Crippen LogP contribution in [-0.4, -0.2) is 107 Å². The van der Waals surface area contributed by atoms with Crippen molar-refractivity contribution in [3.8, 4) is 0 Å². The lowest BCUT2D eigenvalue weighted by molar-refractivity contribution is -0.135. The van der Waals surface area contributed by atoms with E-state index in [1.54, 1.807) is 31.7 Å². The molecule has 5 aromatic rings. The highest BCUT2D eigenvalue weighted by atomic mass is 19.1. The van der Waals surface area contributed by atoms with Crippen LogP contribution in [0, 0.1) is 29.2 Å². The van der Waals surface area contributed by atoms with Gasteiger partial charge in [-0.05, 0) is 88.0 Å². The summed E-state index contributed by atoms with van der Waals surface area (Å²) in [5.41, 5.74) is 1.97. The number of aromatic amines is 2. The molecule has 4 N–H and O–H groups in total. The number of benzene rings is 3. The molecular weight excluding hydrogens is 925 g/mol. The molecule has 9 rings (SSSR count). The number of piperidine rings is 1. The number of aromatic nitrogens is 4. The van der Waals surface area contributed by atoms with Crippen molar-refractivity contribution < 1.29 is 46.2 Å². The number of ether oxygens (including phenoxy) is 2. The van der Waals surface area contributed by atoms with Crippen molar-refractivity contribution in [3.05, 3.63) is 82.4 Å². The first kappa shape index (κ1) is 50.8. The number of anilines is 2. The van der Waals surface area contributed by atoms with Crippen LogP contribution >= 0.6 is 0 Å². The Balaban J connectivity index is 0.00000220. The number of halogens is 4. The van der Waals surface area contributed by atoms with Crippen LogP contribution in [0.25, 0.3) is 22.1 Å². The lowest BCUT2D eigenvalue weighted by Crippen LogP contribution is -2.51. The van der Waals surface area contributed by atoms with Crippen molar-refractivity contribution in [1.82, 2.24) is 40.4 Å². The highest BCUT2D eigenvalue weighted by molar-refractivity contribution is 5.87. The molecule has 16 nitrogen and oxygen atoms in total. The normalized spacial score (nSPS) is 20.7. The SMILES string of the molecule is CCC.COC(=O)NCC(=O)N1CCC[C@H]1c1nc2cc(F)c([C@H]3CC[C@H](c4cc5[nH]c([C@@H]6CCCN6C(=O)[C@@H](NC(=O)OC)C(C)C)nc5cc4F)N3c3cc(F)c(N4CCCCC4)c(F)c3)cc2[nH]1. The Kier molecular flexibility index (Phi) is 15.6. The number of nitrogens with zero attached hydrogens (tertiary/aromatic N) is 6. The number of carbonyl (C=O) groups excluding carboxylic acids is 4. The van der Waals surface area contributed by atoms with E-state index in [1.807, 2.05) is 13.8 Å². The number of nitrogens with one attached hydrogen (secondary N) is 4. The molecule has 4 aliphatic heterocycles. The van der Waals surface area contributed by atoms with E-state index in [0.717, 1.165) is 19.3 Å². The topological polar surface area (TPSA) is 181 Å². The maximum Gasteiger partial charge on any atom is 0.407 e. The van der Waals surface area contributed by atoms with Gasteiger partial charge in [-0.15, -0.1) is 0 Å². The van der Waals surface area contributed by atoms with E-state index in [0.29, 0.717) is 85.6 Å². The predicted octanol–water partition coefficient (Wildman–Crippen LogP) is 9.55. The molecule has 382 valence electrons.